The van der Waals surface area contributed by atoms with Gasteiger partial charge in [-0.2, -0.15) is 0 Å². The van der Waals surface area contributed by atoms with Crippen LogP contribution >= 0.6 is 7.81 Å². The van der Waals surface area contributed by atoms with Gasteiger partial charge in [-0.3, -0.25) is 0 Å². The summed E-state index contributed by atoms with van der Waals surface area (Å²) in [6.07, 6.45) is 9.42. The van der Waals surface area contributed by atoms with Gasteiger partial charge in [-0.05, 0) is 18.2 Å². The zero-order valence-electron chi connectivity index (χ0n) is 11.9. The first-order valence-electron chi connectivity index (χ1n) is 6.37. The third kappa shape index (κ3) is 7.19. The number of imidazole rings is 1. The monoisotopic (exact) mass is 368 g/mol. The average molecular weight is 368 g/mol. The second-order valence-corrected chi connectivity index (χ2v) is 6.48. The molecule has 0 aromatic carbocycles. The summed E-state index contributed by atoms with van der Waals surface area (Å²) in [5, 5.41) is 0. The van der Waals surface area contributed by atoms with E-state index in [1.807, 2.05) is 64.3 Å². The maximum absolute atomic E-state index is 10.7. The summed E-state index contributed by atoms with van der Waals surface area (Å²) in [6.45, 7) is 0. The van der Waals surface area contributed by atoms with Gasteiger partial charge >= 0.3 is 33.0 Å². The molecule has 0 radical (unpaired) electrons. The Hall–Kier alpha value is -2.48. The van der Waals surface area contributed by atoms with Crippen molar-refractivity contribution in [2.24, 2.45) is 0 Å². The molecule has 24 heavy (non-hydrogen) atoms. The Balaban J connectivity index is 0.000000256. The number of nitrogens with zero attached hydrogens (tertiary/aromatic N) is 4. The molecule has 0 unspecified atom stereocenters. The second-order valence-electron chi connectivity index (χ2n) is 4.56. The van der Waals surface area contributed by atoms with Crippen LogP contribution in [0.5, 0.6) is 0 Å². The van der Waals surface area contributed by atoms with Crippen LogP contribution < -0.4 is 4.57 Å². The van der Waals surface area contributed by atoms with E-state index in [4.69, 9.17) is 0 Å². The van der Waals surface area contributed by atoms with Gasteiger partial charge in [0.25, 0.3) is 5.82 Å². The molecule has 0 aliphatic rings. The van der Waals surface area contributed by atoms with Crippen LogP contribution in [-0.4, -0.2) is 14.5 Å². The standard InChI is InChI=1S/C13H11N4.F6P/c1-3-7-14-12(5-1)16-9-10-17(11-16)13-6-2-4-8-15-13;1-7(2,3,4,5)6/h1-11H;/q+1;-1. The maximum Gasteiger partial charge on any atom is 0.266 e. The van der Waals surface area contributed by atoms with E-state index in [0.29, 0.717) is 0 Å². The summed E-state index contributed by atoms with van der Waals surface area (Å²) in [6, 6.07) is 11.7. The molecule has 0 saturated heterocycles. The first kappa shape index (κ1) is 17.9. The molecule has 130 valence electrons. The molecule has 0 fully saturated rings. The summed E-state index contributed by atoms with van der Waals surface area (Å²) in [5.74, 6) is 1.78. The van der Waals surface area contributed by atoms with Crippen molar-refractivity contribution in [3.63, 3.8) is 0 Å². The molecule has 0 saturated carbocycles. The van der Waals surface area contributed by atoms with Crippen LogP contribution in [0.1, 0.15) is 0 Å². The van der Waals surface area contributed by atoms with Crippen molar-refractivity contribution in [2.75, 3.05) is 0 Å². The minimum atomic E-state index is -10.7. The second kappa shape index (κ2) is 5.55. The van der Waals surface area contributed by atoms with Crippen LogP contribution in [0, 0.1) is 0 Å². The van der Waals surface area contributed by atoms with Crippen molar-refractivity contribution in [1.29, 1.82) is 0 Å². The van der Waals surface area contributed by atoms with E-state index >= 15 is 0 Å². The predicted molar refractivity (Wildman–Crippen MR) is 76.5 cm³/mol. The maximum atomic E-state index is 9.87. The number of halogens is 6. The van der Waals surface area contributed by atoms with E-state index < -0.39 is 7.81 Å². The van der Waals surface area contributed by atoms with Gasteiger partial charge in [0.1, 0.15) is 18.6 Å². The van der Waals surface area contributed by atoms with Crippen LogP contribution in [0.25, 0.3) is 11.6 Å². The number of hydrogen-bond donors (Lipinski definition) is 0. The van der Waals surface area contributed by atoms with Crippen LogP contribution in [0.4, 0.5) is 25.2 Å². The molecule has 3 aromatic heterocycles. The number of aromatic nitrogens is 4. The van der Waals surface area contributed by atoms with Crippen LogP contribution in [0.15, 0.2) is 67.5 Å². The molecular weight excluding hydrogens is 357 g/mol. The van der Waals surface area contributed by atoms with Crippen molar-refractivity contribution in [2.45, 2.75) is 0 Å². The first-order chi connectivity index (χ1) is 10.9. The summed E-state index contributed by atoms with van der Waals surface area (Å²) in [7, 11) is -10.7. The Bertz CT molecular complexity index is 737. The molecule has 3 heterocycles. The van der Waals surface area contributed by atoms with Crippen LogP contribution in [0.2, 0.25) is 0 Å². The summed E-state index contributed by atoms with van der Waals surface area (Å²) < 4.78 is 63.1. The van der Waals surface area contributed by atoms with Gasteiger partial charge in [0.05, 0.1) is 0 Å². The van der Waals surface area contributed by atoms with Gasteiger partial charge in [0.15, 0.2) is 5.82 Å². The molecule has 4 nitrogen and oxygen atoms in total. The molecular formula is C13H11F6N4P. The molecule has 0 N–H and O–H groups in total. The van der Waals surface area contributed by atoms with Crippen molar-refractivity contribution in [3.8, 4) is 11.6 Å². The normalized spacial score (nSPS) is 14.1. The minimum Gasteiger partial charge on any atom is -0.225 e. The molecule has 11 heteroatoms. The third-order valence-corrected chi connectivity index (χ3v) is 2.46. The van der Waals surface area contributed by atoms with Gasteiger partial charge in [-0.1, -0.05) is 12.1 Å². The van der Waals surface area contributed by atoms with Gasteiger partial charge < -0.3 is 0 Å². The van der Waals surface area contributed by atoms with Gasteiger partial charge in [0.2, 0.25) is 6.33 Å². The van der Waals surface area contributed by atoms with Crippen LogP contribution in [-0.2, 0) is 0 Å². The Kier molecular flexibility index (Phi) is 4.13. The Morgan fingerprint density at radius 2 is 1.42 bits per heavy atom. The Morgan fingerprint density at radius 3 is 1.92 bits per heavy atom. The molecule has 3 aromatic rings. The summed E-state index contributed by atoms with van der Waals surface area (Å²) >= 11 is 0. The molecule has 0 spiro atoms. The average Bonchev–Trinajstić information content (AvgIpc) is 2.96. The fourth-order valence-electron chi connectivity index (χ4n) is 1.64. The van der Waals surface area contributed by atoms with E-state index in [1.165, 1.54) is 0 Å². The number of hydrogen-bond acceptors (Lipinski definition) is 2. The number of rotatable bonds is 2. The topological polar surface area (TPSA) is 34.6 Å². The van der Waals surface area contributed by atoms with E-state index in [9.17, 15) is 25.2 Å². The molecule has 3 rings (SSSR count). The Labute approximate surface area is 132 Å². The zero-order valence-corrected chi connectivity index (χ0v) is 12.7. The minimum absolute atomic E-state index is 0.891. The molecule has 0 atom stereocenters. The largest absolute Gasteiger partial charge is 0.266 e. The number of pyridine rings is 2. The fourth-order valence-corrected chi connectivity index (χ4v) is 1.64. The van der Waals surface area contributed by atoms with Crippen LogP contribution in [0.3, 0.4) is 0 Å². The summed E-state index contributed by atoms with van der Waals surface area (Å²) in [5.41, 5.74) is 0. The fraction of sp³-hybridized carbons (Fsp3) is 0. The van der Waals surface area contributed by atoms with E-state index in [2.05, 4.69) is 9.97 Å². The van der Waals surface area contributed by atoms with Gasteiger partial charge in [0, 0.05) is 12.3 Å². The molecule has 0 aliphatic heterocycles. The van der Waals surface area contributed by atoms with E-state index in [1.54, 1.807) is 12.4 Å². The van der Waals surface area contributed by atoms with Crippen molar-refractivity contribution < 1.29 is 29.7 Å². The zero-order chi connectivity index (χ0) is 17.9. The van der Waals surface area contributed by atoms with Crippen molar-refractivity contribution in [3.05, 3.63) is 67.5 Å². The van der Waals surface area contributed by atoms with Gasteiger partial charge in [-0.25, -0.2) is 14.1 Å². The van der Waals surface area contributed by atoms with E-state index in [0.717, 1.165) is 11.6 Å². The molecule has 0 aliphatic carbocycles. The molecule has 0 bridgehead atoms. The van der Waals surface area contributed by atoms with Gasteiger partial charge in [-0.15, -0.1) is 4.98 Å². The van der Waals surface area contributed by atoms with E-state index in [-0.39, 0.29) is 0 Å². The van der Waals surface area contributed by atoms with Crippen molar-refractivity contribution in [1.82, 2.24) is 14.5 Å². The third-order valence-electron chi connectivity index (χ3n) is 2.46. The first-order valence-corrected chi connectivity index (χ1v) is 8.40. The summed E-state index contributed by atoms with van der Waals surface area (Å²) in [4.78, 5) is 8.57. The SMILES string of the molecule is F[P-](F)(F)(F)(F)F.c1ccc(-n2cc[n+](-c3ccccn3)c2)nc1. The molecule has 0 amide bonds. The smallest absolute Gasteiger partial charge is 0.225 e. The quantitative estimate of drug-likeness (QED) is 0.365. The van der Waals surface area contributed by atoms with Crippen molar-refractivity contribution >= 4 is 7.81 Å². The Morgan fingerprint density at radius 1 is 0.833 bits per heavy atom. The predicted octanol–water partition coefficient (Wildman–Crippen LogP) is 4.93.